The first-order valence-corrected chi connectivity index (χ1v) is 8.87. The van der Waals surface area contributed by atoms with Crippen LogP contribution in [-0.2, 0) is 19.3 Å². The van der Waals surface area contributed by atoms with Gasteiger partial charge in [0.2, 0.25) is 9.84 Å². The Morgan fingerprint density at radius 3 is 0.968 bits per heavy atom. The average Bonchev–Trinajstić information content (AvgIpc) is 2.70. The molecule has 2 aromatic rings. The molecule has 0 saturated carbocycles. The van der Waals surface area contributed by atoms with E-state index in [2.05, 4.69) is 9.47 Å². The Kier molecular flexibility index (Phi) is 6.30. The minimum atomic E-state index is -6.41. The lowest BCUT2D eigenvalue weighted by atomic mass is 10.1. The molecule has 6 nitrogen and oxygen atoms in total. The number of ether oxygens (including phenoxy) is 2. The summed E-state index contributed by atoms with van der Waals surface area (Å²) < 4.78 is 145. The van der Waals surface area contributed by atoms with Crippen molar-refractivity contribution in [3.05, 3.63) is 57.7 Å². The maximum atomic E-state index is 14.2. The number of hydrogen-bond acceptors (Lipinski definition) is 6. The van der Waals surface area contributed by atoms with Crippen molar-refractivity contribution in [1.29, 1.82) is 0 Å². The average molecular weight is 478 g/mol. The van der Waals surface area contributed by atoms with Gasteiger partial charge in [-0.2, -0.15) is 0 Å². The quantitative estimate of drug-likeness (QED) is 0.381. The molecule has 0 fully saturated rings. The molecule has 0 amide bonds. The predicted octanol–water partition coefficient (Wildman–Crippen LogP) is 3.21. The van der Waals surface area contributed by atoms with Crippen LogP contribution in [0.4, 0.5) is 35.1 Å². The standard InChI is InChI=1S/C16H6F8O6S/c1-29-15(25)3-5(17)9(21)13(10(22)6(3)18)31(27,28)14-11(23)7(19)4(16(26)30-2)8(20)12(14)24/h1-2H3. The van der Waals surface area contributed by atoms with E-state index in [0.717, 1.165) is 0 Å². The van der Waals surface area contributed by atoms with Crippen LogP contribution in [0.15, 0.2) is 9.79 Å². The molecular formula is C16H6F8O6S. The molecule has 0 heterocycles. The number of hydrogen-bond donors (Lipinski definition) is 0. The highest BCUT2D eigenvalue weighted by atomic mass is 32.2. The molecule has 0 atom stereocenters. The predicted molar refractivity (Wildman–Crippen MR) is 80.7 cm³/mol. The summed E-state index contributed by atoms with van der Waals surface area (Å²) in [5.74, 6) is -26.0. The summed E-state index contributed by atoms with van der Waals surface area (Å²) in [7, 11) is -5.33. The Bertz CT molecular complexity index is 1090. The van der Waals surface area contributed by atoms with Gasteiger partial charge in [0.25, 0.3) is 0 Å². The van der Waals surface area contributed by atoms with Gasteiger partial charge in [0.15, 0.2) is 46.5 Å². The van der Waals surface area contributed by atoms with Gasteiger partial charge >= 0.3 is 11.9 Å². The molecule has 0 aliphatic carbocycles. The minimum Gasteiger partial charge on any atom is -0.465 e. The van der Waals surface area contributed by atoms with Crippen molar-refractivity contribution in [3.8, 4) is 0 Å². The number of methoxy groups -OCH3 is 2. The third-order valence-electron chi connectivity index (χ3n) is 3.76. The maximum Gasteiger partial charge on any atom is 0.344 e. The van der Waals surface area contributed by atoms with Crippen molar-refractivity contribution in [2.75, 3.05) is 14.2 Å². The zero-order valence-corrected chi connectivity index (χ0v) is 15.7. The number of benzene rings is 2. The zero-order valence-electron chi connectivity index (χ0n) is 14.9. The first kappa shape index (κ1) is 24.0. The lowest BCUT2D eigenvalue weighted by Gasteiger charge is -2.14. The van der Waals surface area contributed by atoms with E-state index in [4.69, 9.17) is 0 Å². The van der Waals surface area contributed by atoms with Gasteiger partial charge in [0.1, 0.15) is 20.9 Å². The highest BCUT2D eigenvalue weighted by Crippen LogP contribution is 2.36. The van der Waals surface area contributed by atoms with Crippen LogP contribution in [0, 0.1) is 46.5 Å². The molecule has 2 aromatic carbocycles. The second-order valence-electron chi connectivity index (χ2n) is 5.41. The first-order valence-electron chi connectivity index (χ1n) is 7.39. The van der Waals surface area contributed by atoms with Crippen molar-refractivity contribution in [1.82, 2.24) is 0 Å². The van der Waals surface area contributed by atoms with Crippen LogP contribution in [0.5, 0.6) is 0 Å². The topological polar surface area (TPSA) is 86.7 Å². The number of carbonyl (C=O) groups is 2. The second kappa shape index (κ2) is 8.13. The summed E-state index contributed by atoms with van der Waals surface area (Å²) >= 11 is 0. The van der Waals surface area contributed by atoms with Gasteiger partial charge in [-0.3, -0.25) is 0 Å². The highest BCUT2D eigenvalue weighted by Gasteiger charge is 2.42. The second-order valence-corrected chi connectivity index (χ2v) is 7.23. The number of esters is 2. The van der Waals surface area contributed by atoms with Crippen LogP contribution < -0.4 is 0 Å². The molecule has 0 saturated heterocycles. The molecule has 15 heteroatoms. The fourth-order valence-corrected chi connectivity index (χ4v) is 3.87. The van der Waals surface area contributed by atoms with Crippen LogP contribution in [0.1, 0.15) is 20.7 Å². The fraction of sp³-hybridized carbons (Fsp3) is 0.125. The lowest BCUT2D eigenvalue weighted by molar-refractivity contribution is 0.0577. The molecule has 0 aliphatic rings. The van der Waals surface area contributed by atoms with Crippen LogP contribution >= 0.6 is 0 Å². The summed E-state index contributed by atoms with van der Waals surface area (Å²) in [5.41, 5.74) is -4.06. The summed E-state index contributed by atoms with van der Waals surface area (Å²) in [6, 6.07) is 0. The molecule has 31 heavy (non-hydrogen) atoms. The summed E-state index contributed by atoms with van der Waals surface area (Å²) in [4.78, 5) is 17.1. The van der Waals surface area contributed by atoms with Gasteiger partial charge in [-0.15, -0.1) is 0 Å². The Labute approximate surface area is 166 Å². The Morgan fingerprint density at radius 1 is 0.548 bits per heavy atom. The van der Waals surface area contributed by atoms with Gasteiger partial charge in [-0.25, -0.2) is 53.1 Å². The van der Waals surface area contributed by atoms with Crippen LogP contribution in [0.3, 0.4) is 0 Å². The zero-order chi connectivity index (χ0) is 24.0. The smallest absolute Gasteiger partial charge is 0.344 e. The molecule has 0 unspecified atom stereocenters. The van der Waals surface area contributed by atoms with Gasteiger partial charge in [0.05, 0.1) is 14.2 Å². The van der Waals surface area contributed by atoms with Crippen molar-refractivity contribution in [2.24, 2.45) is 0 Å². The van der Waals surface area contributed by atoms with E-state index < -0.39 is 89.2 Å². The molecule has 2 rings (SSSR count). The van der Waals surface area contributed by atoms with E-state index in [1.165, 1.54) is 0 Å². The molecule has 0 aliphatic heterocycles. The highest BCUT2D eigenvalue weighted by molar-refractivity contribution is 7.91. The molecule has 0 N–H and O–H groups in total. The van der Waals surface area contributed by atoms with E-state index in [9.17, 15) is 53.1 Å². The Hall–Kier alpha value is -3.23. The number of sulfone groups is 1. The van der Waals surface area contributed by atoms with Gasteiger partial charge in [-0.1, -0.05) is 0 Å². The van der Waals surface area contributed by atoms with Gasteiger partial charge in [0, 0.05) is 0 Å². The molecular weight excluding hydrogens is 472 g/mol. The number of rotatable bonds is 4. The van der Waals surface area contributed by atoms with Crippen molar-refractivity contribution >= 4 is 21.8 Å². The molecule has 168 valence electrons. The lowest BCUT2D eigenvalue weighted by Crippen LogP contribution is -2.21. The van der Waals surface area contributed by atoms with Crippen LogP contribution in [0.2, 0.25) is 0 Å². The molecule has 0 aromatic heterocycles. The van der Waals surface area contributed by atoms with E-state index in [-0.39, 0.29) is 0 Å². The monoisotopic (exact) mass is 478 g/mol. The molecule has 0 spiro atoms. The molecule has 0 bridgehead atoms. The maximum absolute atomic E-state index is 14.2. The first-order chi connectivity index (χ1) is 14.2. The summed E-state index contributed by atoms with van der Waals surface area (Å²) in [6.07, 6.45) is 0. The van der Waals surface area contributed by atoms with E-state index in [1.54, 1.807) is 0 Å². The van der Waals surface area contributed by atoms with Crippen LogP contribution in [-0.4, -0.2) is 34.6 Å². The van der Waals surface area contributed by atoms with Crippen LogP contribution in [0.25, 0.3) is 0 Å². The molecule has 0 radical (unpaired) electrons. The Morgan fingerprint density at radius 2 is 0.774 bits per heavy atom. The van der Waals surface area contributed by atoms with Gasteiger partial charge < -0.3 is 9.47 Å². The van der Waals surface area contributed by atoms with Crippen molar-refractivity contribution in [3.63, 3.8) is 0 Å². The normalized spacial score (nSPS) is 11.4. The van der Waals surface area contributed by atoms with E-state index in [0.29, 0.717) is 14.2 Å². The largest absolute Gasteiger partial charge is 0.465 e. The number of carbonyl (C=O) groups excluding carboxylic acids is 2. The summed E-state index contributed by atoms with van der Waals surface area (Å²) in [6.45, 7) is 0. The minimum absolute atomic E-state index is 0.543. The van der Waals surface area contributed by atoms with Gasteiger partial charge in [-0.05, 0) is 0 Å². The van der Waals surface area contributed by atoms with E-state index in [1.807, 2.05) is 0 Å². The van der Waals surface area contributed by atoms with E-state index >= 15 is 0 Å². The fourth-order valence-electron chi connectivity index (χ4n) is 2.36. The number of halogens is 8. The summed E-state index contributed by atoms with van der Waals surface area (Å²) in [5, 5.41) is 0. The third kappa shape index (κ3) is 3.47. The third-order valence-corrected chi connectivity index (χ3v) is 5.55. The van der Waals surface area contributed by atoms with Crippen molar-refractivity contribution in [2.45, 2.75) is 9.79 Å². The Balaban J connectivity index is 3.00. The SMILES string of the molecule is COC(=O)c1c(F)c(F)c(S(=O)(=O)c2c(F)c(F)c(C(=O)OC)c(F)c2F)c(F)c1F. The van der Waals surface area contributed by atoms with Crippen molar-refractivity contribution < 1.29 is 62.6 Å².